The lowest BCUT2D eigenvalue weighted by Crippen LogP contribution is -2.46. The van der Waals surface area contributed by atoms with Gasteiger partial charge in [-0.2, -0.15) is 0 Å². The van der Waals surface area contributed by atoms with E-state index in [9.17, 15) is 14.4 Å². The number of methoxy groups -OCH3 is 2. The molecule has 9 nitrogen and oxygen atoms in total. The number of nitrogens with one attached hydrogen (secondary N) is 1. The lowest BCUT2D eigenvalue weighted by atomic mass is 10.0. The molecule has 1 amide bonds. The Morgan fingerprint density at radius 2 is 1.57 bits per heavy atom. The quantitative estimate of drug-likeness (QED) is 0.501. The van der Waals surface area contributed by atoms with E-state index in [0.717, 1.165) is 18.5 Å². The number of anilines is 2. The molecule has 0 unspecified atom stereocenters. The van der Waals surface area contributed by atoms with E-state index < -0.39 is 23.6 Å². The highest BCUT2D eigenvalue weighted by Gasteiger charge is 2.30. The molecule has 1 saturated heterocycles. The number of rotatable bonds is 5. The lowest BCUT2D eigenvalue weighted by molar-refractivity contribution is -0.139. The van der Waals surface area contributed by atoms with Crippen LogP contribution in [0.3, 0.4) is 0 Å². The Labute approximate surface area is 206 Å². The van der Waals surface area contributed by atoms with Crippen molar-refractivity contribution in [2.75, 3.05) is 37.1 Å². The molecule has 9 heteroatoms. The second kappa shape index (κ2) is 11.1. The van der Waals surface area contributed by atoms with Crippen molar-refractivity contribution in [1.82, 2.24) is 5.32 Å². The summed E-state index contributed by atoms with van der Waals surface area (Å²) in [7, 11) is 2.54. The zero-order chi connectivity index (χ0) is 25.6. The summed E-state index contributed by atoms with van der Waals surface area (Å²) in [6, 6.07) is 7.65. The van der Waals surface area contributed by atoms with Crippen LogP contribution in [-0.2, 0) is 23.8 Å². The molecule has 2 heterocycles. The van der Waals surface area contributed by atoms with Gasteiger partial charge in [0.1, 0.15) is 11.3 Å². The van der Waals surface area contributed by atoms with E-state index >= 15 is 0 Å². The Bertz CT molecular complexity index is 1050. The van der Waals surface area contributed by atoms with E-state index in [1.807, 2.05) is 45.0 Å². The van der Waals surface area contributed by atoms with Crippen molar-refractivity contribution < 1.29 is 28.6 Å². The number of esters is 2. The number of hydrogen-bond acceptors (Lipinski definition) is 8. The van der Waals surface area contributed by atoms with Crippen LogP contribution < -0.4 is 15.1 Å². The van der Waals surface area contributed by atoms with Crippen LogP contribution in [0.5, 0.6) is 0 Å². The van der Waals surface area contributed by atoms with E-state index in [-0.39, 0.29) is 17.3 Å². The first-order valence-electron chi connectivity index (χ1n) is 11.5. The highest BCUT2D eigenvalue weighted by atomic mass is 16.6. The van der Waals surface area contributed by atoms with Crippen molar-refractivity contribution in [2.24, 2.45) is 0 Å². The van der Waals surface area contributed by atoms with Crippen LogP contribution in [0, 0.1) is 0 Å². The number of amides is 1. The normalized spacial score (nSPS) is 16.6. The minimum absolute atomic E-state index is 0.00648. The standard InChI is InChI=1S/C26H33N3O6/c1-26(2,3)35-25(32)27-18-13-16-28(17-14-18)20-11-6-7-12-21(20)29-15-9-8-10-19(23(30)33-4)22(29)24(31)34-5/h6-12,15,18H,13-14,16-17H2,1-5H3,(H,27,32). The fourth-order valence-corrected chi connectivity index (χ4v) is 4.03. The van der Waals surface area contributed by atoms with Gasteiger partial charge in [-0.25, -0.2) is 14.4 Å². The van der Waals surface area contributed by atoms with Gasteiger partial charge in [0.05, 0.1) is 31.2 Å². The molecule has 1 aromatic rings. The van der Waals surface area contributed by atoms with E-state index in [2.05, 4.69) is 10.2 Å². The zero-order valence-electron chi connectivity index (χ0n) is 20.9. The Morgan fingerprint density at radius 3 is 2.17 bits per heavy atom. The van der Waals surface area contributed by atoms with Gasteiger partial charge in [0.2, 0.25) is 0 Å². The molecule has 0 bridgehead atoms. The third kappa shape index (κ3) is 6.44. The molecule has 0 spiro atoms. The van der Waals surface area contributed by atoms with Gasteiger partial charge in [-0.1, -0.05) is 18.2 Å². The maximum atomic E-state index is 12.8. The molecule has 2 aliphatic heterocycles. The van der Waals surface area contributed by atoms with Crippen LogP contribution in [0.2, 0.25) is 0 Å². The number of para-hydroxylation sites is 2. The second-order valence-electron chi connectivity index (χ2n) is 9.21. The summed E-state index contributed by atoms with van der Waals surface area (Å²) >= 11 is 0. The second-order valence-corrected chi connectivity index (χ2v) is 9.21. The first-order valence-corrected chi connectivity index (χ1v) is 11.5. The molecule has 0 aromatic heterocycles. The number of piperidine rings is 1. The Morgan fingerprint density at radius 1 is 0.943 bits per heavy atom. The molecule has 2 aliphatic rings. The maximum Gasteiger partial charge on any atom is 0.407 e. The van der Waals surface area contributed by atoms with Gasteiger partial charge in [0, 0.05) is 25.3 Å². The Balaban J connectivity index is 1.86. The van der Waals surface area contributed by atoms with Crippen molar-refractivity contribution in [3.8, 4) is 0 Å². The maximum absolute atomic E-state index is 12.8. The number of benzene rings is 1. The Hall–Kier alpha value is -3.75. The molecule has 1 aromatic carbocycles. The molecule has 1 fully saturated rings. The SMILES string of the molecule is COC(=O)C1=C(C(=O)OC)N(c2ccccc2N2CCC(NC(=O)OC(C)(C)C)CC2)C=CC=C1. The summed E-state index contributed by atoms with van der Waals surface area (Å²) in [5.74, 6) is -1.29. The van der Waals surface area contributed by atoms with Crippen molar-refractivity contribution in [3.05, 3.63) is 60.0 Å². The van der Waals surface area contributed by atoms with Crippen LogP contribution in [0.1, 0.15) is 33.6 Å². The van der Waals surface area contributed by atoms with Gasteiger partial charge >= 0.3 is 18.0 Å². The highest BCUT2D eigenvalue weighted by Crippen LogP contribution is 2.35. The first-order chi connectivity index (χ1) is 16.6. The molecule has 188 valence electrons. The van der Waals surface area contributed by atoms with Crippen molar-refractivity contribution >= 4 is 29.4 Å². The predicted octanol–water partition coefficient (Wildman–Crippen LogP) is 3.67. The van der Waals surface area contributed by atoms with Crippen molar-refractivity contribution in [3.63, 3.8) is 0 Å². The third-order valence-electron chi connectivity index (χ3n) is 5.59. The fourth-order valence-electron chi connectivity index (χ4n) is 4.03. The molecule has 0 atom stereocenters. The van der Waals surface area contributed by atoms with Crippen molar-refractivity contribution in [1.29, 1.82) is 0 Å². The number of carbonyl (C=O) groups is 3. The molecular weight excluding hydrogens is 450 g/mol. The van der Waals surface area contributed by atoms with Gasteiger partial charge in [-0.15, -0.1) is 0 Å². The first kappa shape index (κ1) is 25.9. The molecule has 35 heavy (non-hydrogen) atoms. The molecule has 1 N–H and O–H groups in total. The highest BCUT2D eigenvalue weighted by molar-refractivity contribution is 6.06. The van der Waals surface area contributed by atoms with E-state index in [1.165, 1.54) is 20.3 Å². The van der Waals surface area contributed by atoms with Gasteiger partial charge in [-0.3, -0.25) is 0 Å². The minimum atomic E-state index is -0.656. The largest absolute Gasteiger partial charge is 0.465 e. The number of allylic oxidation sites excluding steroid dienone is 2. The number of ether oxygens (including phenoxy) is 3. The summed E-state index contributed by atoms with van der Waals surface area (Å²) < 4.78 is 15.3. The average molecular weight is 484 g/mol. The number of nitrogens with zero attached hydrogens (tertiary/aromatic N) is 2. The van der Waals surface area contributed by atoms with E-state index in [1.54, 1.807) is 23.3 Å². The summed E-state index contributed by atoms with van der Waals surface area (Å²) in [6.07, 6.45) is 7.72. The molecule has 0 saturated carbocycles. The number of carbonyl (C=O) groups excluding carboxylic acids is 3. The summed E-state index contributed by atoms with van der Waals surface area (Å²) in [5.41, 5.74) is 1.22. The van der Waals surface area contributed by atoms with Gasteiger partial charge in [0.15, 0.2) is 0 Å². The van der Waals surface area contributed by atoms with Crippen molar-refractivity contribution in [2.45, 2.75) is 45.3 Å². The smallest absolute Gasteiger partial charge is 0.407 e. The summed E-state index contributed by atoms with van der Waals surface area (Å²) in [4.78, 5) is 41.3. The molecule has 0 radical (unpaired) electrons. The summed E-state index contributed by atoms with van der Waals surface area (Å²) in [6.45, 7) is 6.88. The lowest BCUT2D eigenvalue weighted by Gasteiger charge is -2.36. The molecule has 3 rings (SSSR count). The third-order valence-corrected chi connectivity index (χ3v) is 5.59. The summed E-state index contributed by atoms with van der Waals surface area (Å²) in [5, 5.41) is 2.95. The number of hydrogen-bond donors (Lipinski definition) is 1. The minimum Gasteiger partial charge on any atom is -0.465 e. The van der Waals surface area contributed by atoms with Gasteiger partial charge < -0.3 is 29.3 Å². The number of alkyl carbamates (subject to hydrolysis) is 1. The zero-order valence-corrected chi connectivity index (χ0v) is 20.9. The van der Waals surface area contributed by atoms with Crippen LogP contribution in [0.25, 0.3) is 0 Å². The van der Waals surface area contributed by atoms with E-state index in [0.29, 0.717) is 18.8 Å². The molecule has 0 aliphatic carbocycles. The van der Waals surface area contributed by atoms with E-state index in [4.69, 9.17) is 14.2 Å². The average Bonchev–Trinajstić information content (AvgIpc) is 3.05. The Kier molecular flexibility index (Phi) is 8.22. The monoisotopic (exact) mass is 483 g/mol. The van der Waals surface area contributed by atoms with Gasteiger partial charge in [0.25, 0.3) is 0 Å². The van der Waals surface area contributed by atoms with Crippen LogP contribution in [-0.4, -0.2) is 57.0 Å². The van der Waals surface area contributed by atoms with Gasteiger partial charge in [-0.05, 0) is 57.9 Å². The van der Waals surface area contributed by atoms with Crippen LogP contribution in [0.15, 0.2) is 60.0 Å². The fraction of sp³-hybridized carbons (Fsp3) is 0.423. The molecular formula is C26H33N3O6. The van der Waals surface area contributed by atoms with Crippen LogP contribution in [0.4, 0.5) is 16.2 Å². The topological polar surface area (TPSA) is 97.4 Å². The van der Waals surface area contributed by atoms with Crippen LogP contribution >= 0.6 is 0 Å². The predicted molar refractivity (Wildman–Crippen MR) is 133 cm³/mol.